The van der Waals surface area contributed by atoms with Crippen molar-refractivity contribution >= 4 is 17.3 Å². The summed E-state index contributed by atoms with van der Waals surface area (Å²) in [4.78, 5) is 7.97. The molecule has 0 amide bonds. The summed E-state index contributed by atoms with van der Waals surface area (Å²) in [5, 5.41) is 2.56. The van der Waals surface area contributed by atoms with Gasteiger partial charge in [-0.1, -0.05) is 6.07 Å². The average Bonchev–Trinajstić information content (AvgIpc) is 2.33. The molecule has 1 aromatic heterocycles. The van der Waals surface area contributed by atoms with Crippen LogP contribution in [0, 0.1) is 18.6 Å². The summed E-state index contributed by atoms with van der Waals surface area (Å²) in [5.41, 5.74) is 2.08. The summed E-state index contributed by atoms with van der Waals surface area (Å²) in [6, 6.07) is 5.04. The second-order valence-electron chi connectivity index (χ2n) is 3.55. The highest BCUT2D eigenvalue weighted by atomic mass is 19.1. The second-order valence-corrected chi connectivity index (χ2v) is 3.55. The smallest absolute Gasteiger partial charge is 0.149 e. The number of aryl methyl sites for hydroxylation is 1. The number of rotatable bonds is 3. The van der Waals surface area contributed by atoms with E-state index in [0.29, 0.717) is 11.6 Å². The molecule has 1 heterocycles. The van der Waals surface area contributed by atoms with Gasteiger partial charge >= 0.3 is 0 Å². The molecule has 0 fully saturated rings. The minimum Gasteiger partial charge on any atom is -0.335 e. The fraction of sp³-hybridized carbons (Fsp3) is 0.0909. The Kier molecular flexibility index (Phi) is 3.33. The lowest BCUT2D eigenvalue weighted by Crippen LogP contribution is -2.10. The van der Waals surface area contributed by atoms with Gasteiger partial charge in [0.1, 0.15) is 34.8 Å². The molecule has 1 aromatic carbocycles. The molecule has 18 heavy (non-hydrogen) atoms. The molecule has 5 nitrogen and oxygen atoms in total. The fourth-order valence-electron chi connectivity index (χ4n) is 1.45. The molecule has 0 aliphatic rings. The Morgan fingerprint density at radius 2 is 1.72 bits per heavy atom. The van der Waals surface area contributed by atoms with Crippen LogP contribution in [0.25, 0.3) is 0 Å². The molecular weight excluding hydrogens is 240 g/mol. The number of hydrogen-bond acceptors (Lipinski definition) is 5. The van der Waals surface area contributed by atoms with Gasteiger partial charge in [0.25, 0.3) is 0 Å². The molecule has 0 spiro atoms. The maximum absolute atomic E-state index is 13.4. The number of nitrogens with one attached hydrogen (secondary N) is 2. The summed E-state index contributed by atoms with van der Waals surface area (Å²) in [6.07, 6.45) is 0. The van der Waals surface area contributed by atoms with Crippen molar-refractivity contribution in [2.75, 3.05) is 10.7 Å². The number of nitrogens with two attached hydrogens (primary N) is 1. The Morgan fingerprint density at radius 1 is 1.11 bits per heavy atom. The molecule has 0 aliphatic heterocycles. The van der Waals surface area contributed by atoms with Crippen LogP contribution in [0.4, 0.5) is 26.1 Å². The van der Waals surface area contributed by atoms with Gasteiger partial charge in [-0.25, -0.2) is 24.6 Å². The van der Waals surface area contributed by atoms with Crippen LogP contribution in [0.2, 0.25) is 0 Å². The number of hydrogen-bond donors (Lipinski definition) is 3. The second kappa shape index (κ2) is 4.92. The Morgan fingerprint density at radius 3 is 2.33 bits per heavy atom. The topological polar surface area (TPSA) is 75.9 Å². The first-order valence-corrected chi connectivity index (χ1v) is 5.13. The van der Waals surface area contributed by atoms with Crippen molar-refractivity contribution in [1.29, 1.82) is 0 Å². The van der Waals surface area contributed by atoms with E-state index in [1.54, 1.807) is 6.92 Å². The number of para-hydroxylation sites is 1. The van der Waals surface area contributed by atoms with Crippen LogP contribution in [0.1, 0.15) is 5.82 Å². The van der Waals surface area contributed by atoms with E-state index in [2.05, 4.69) is 20.7 Å². The quantitative estimate of drug-likeness (QED) is 0.575. The van der Waals surface area contributed by atoms with Crippen LogP contribution < -0.4 is 16.6 Å². The molecule has 2 aromatic rings. The fourth-order valence-corrected chi connectivity index (χ4v) is 1.45. The van der Waals surface area contributed by atoms with E-state index < -0.39 is 11.6 Å². The SMILES string of the molecule is Cc1nc(NN)cc(Nc2c(F)cccc2F)n1. The predicted molar refractivity (Wildman–Crippen MR) is 64.2 cm³/mol. The summed E-state index contributed by atoms with van der Waals surface area (Å²) < 4.78 is 26.9. The monoisotopic (exact) mass is 251 g/mol. The summed E-state index contributed by atoms with van der Waals surface area (Å²) in [5.74, 6) is 4.84. The van der Waals surface area contributed by atoms with Crippen molar-refractivity contribution < 1.29 is 8.78 Å². The molecule has 0 unspecified atom stereocenters. The predicted octanol–water partition coefficient (Wildman–Crippen LogP) is 2.09. The largest absolute Gasteiger partial charge is 0.335 e. The van der Waals surface area contributed by atoms with E-state index >= 15 is 0 Å². The van der Waals surface area contributed by atoms with Crippen molar-refractivity contribution in [3.05, 3.63) is 41.7 Å². The van der Waals surface area contributed by atoms with Crippen molar-refractivity contribution in [2.24, 2.45) is 5.84 Å². The van der Waals surface area contributed by atoms with Crippen molar-refractivity contribution in [3.63, 3.8) is 0 Å². The third-order valence-corrected chi connectivity index (χ3v) is 2.20. The van der Waals surface area contributed by atoms with E-state index in [1.807, 2.05) is 0 Å². The molecule has 7 heteroatoms. The molecule has 94 valence electrons. The number of anilines is 3. The number of benzene rings is 1. The van der Waals surface area contributed by atoms with Crippen LogP contribution in [-0.4, -0.2) is 9.97 Å². The highest BCUT2D eigenvalue weighted by molar-refractivity contribution is 5.60. The molecule has 0 saturated carbocycles. The molecule has 0 radical (unpaired) electrons. The Bertz CT molecular complexity index is 553. The zero-order valence-electron chi connectivity index (χ0n) is 9.54. The van der Waals surface area contributed by atoms with Gasteiger partial charge in [0.2, 0.25) is 0 Å². The minimum absolute atomic E-state index is 0.249. The van der Waals surface area contributed by atoms with Gasteiger partial charge in [0, 0.05) is 6.07 Å². The number of nitrogens with zero attached hydrogens (tertiary/aromatic N) is 2. The van der Waals surface area contributed by atoms with Crippen LogP contribution in [-0.2, 0) is 0 Å². The van der Waals surface area contributed by atoms with Crippen molar-refractivity contribution in [3.8, 4) is 0 Å². The first-order chi connectivity index (χ1) is 8.60. The lowest BCUT2D eigenvalue weighted by molar-refractivity contribution is 0.590. The van der Waals surface area contributed by atoms with Gasteiger partial charge in [-0.3, -0.25) is 0 Å². The van der Waals surface area contributed by atoms with Crippen LogP contribution in [0.3, 0.4) is 0 Å². The van der Waals surface area contributed by atoms with Gasteiger partial charge in [-0.2, -0.15) is 0 Å². The van der Waals surface area contributed by atoms with Crippen molar-refractivity contribution in [1.82, 2.24) is 9.97 Å². The van der Waals surface area contributed by atoms with E-state index in [9.17, 15) is 8.78 Å². The third-order valence-electron chi connectivity index (χ3n) is 2.20. The summed E-state index contributed by atoms with van der Waals surface area (Å²) in [7, 11) is 0. The molecule has 0 atom stereocenters. The van der Waals surface area contributed by atoms with Crippen LogP contribution in [0.15, 0.2) is 24.3 Å². The van der Waals surface area contributed by atoms with E-state index in [1.165, 1.54) is 12.1 Å². The average molecular weight is 251 g/mol. The summed E-state index contributed by atoms with van der Waals surface area (Å²) in [6.45, 7) is 1.64. The normalized spacial score (nSPS) is 10.2. The maximum Gasteiger partial charge on any atom is 0.149 e. The molecule has 0 saturated heterocycles. The molecule has 4 N–H and O–H groups in total. The first-order valence-electron chi connectivity index (χ1n) is 5.13. The van der Waals surface area contributed by atoms with Crippen LogP contribution in [0.5, 0.6) is 0 Å². The lowest BCUT2D eigenvalue weighted by Gasteiger charge is -2.09. The number of nitrogen functional groups attached to an aromatic ring is 1. The first kappa shape index (κ1) is 12.2. The third kappa shape index (κ3) is 2.51. The number of aromatic nitrogens is 2. The van der Waals surface area contributed by atoms with Gasteiger partial charge in [0.15, 0.2) is 0 Å². The van der Waals surface area contributed by atoms with Crippen molar-refractivity contribution in [2.45, 2.75) is 6.92 Å². The zero-order valence-corrected chi connectivity index (χ0v) is 9.54. The Hall–Kier alpha value is -2.28. The summed E-state index contributed by atoms with van der Waals surface area (Å²) >= 11 is 0. The minimum atomic E-state index is -0.700. The highest BCUT2D eigenvalue weighted by Crippen LogP contribution is 2.22. The van der Waals surface area contributed by atoms with Gasteiger partial charge in [0.05, 0.1) is 0 Å². The standard InChI is InChI=1S/C11H11F2N5/c1-6-15-9(5-10(16-6)18-14)17-11-7(12)3-2-4-8(11)13/h2-5H,14H2,1H3,(H2,15,16,17,18). The molecular formula is C11H11F2N5. The lowest BCUT2D eigenvalue weighted by atomic mass is 10.3. The van der Waals surface area contributed by atoms with Gasteiger partial charge in [-0.15, -0.1) is 0 Å². The molecule has 0 bridgehead atoms. The zero-order chi connectivity index (χ0) is 13.1. The maximum atomic E-state index is 13.4. The van der Waals surface area contributed by atoms with Crippen LogP contribution >= 0.6 is 0 Å². The highest BCUT2D eigenvalue weighted by Gasteiger charge is 2.10. The van der Waals surface area contributed by atoms with Gasteiger partial charge in [-0.05, 0) is 19.1 Å². The van der Waals surface area contributed by atoms with E-state index in [4.69, 9.17) is 5.84 Å². The number of hydrazine groups is 1. The Labute approximate surface area is 102 Å². The van der Waals surface area contributed by atoms with E-state index in [-0.39, 0.29) is 11.5 Å². The van der Waals surface area contributed by atoms with E-state index in [0.717, 1.165) is 12.1 Å². The number of halogens is 2. The molecule has 0 aliphatic carbocycles. The molecule has 2 rings (SSSR count). The Balaban J connectivity index is 2.37. The van der Waals surface area contributed by atoms with Gasteiger partial charge < -0.3 is 10.7 Å².